The number of morpholine rings is 1. The van der Waals surface area contributed by atoms with Gasteiger partial charge in [-0.3, -0.25) is 9.89 Å². The highest BCUT2D eigenvalue weighted by molar-refractivity contribution is 5.80. The van der Waals surface area contributed by atoms with Crippen molar-refractivity contribution < 1.29 is 9.15 Å². The number of aliphatic imine (C=N–C) groups is 1. The van der Waals surface area contributed by atoms with E-state index in [4.69, 9.17) is 14.1 Å². The Kier molecular flexibility index (Phi) is 6.98. The average molecular weight is 334 g/mol. The van der Waals surface area contributed by atoms with Crippen LogP contribution in [0, 0.1) is 0 Å². The molecule has 6 nitrogen and oxygen atoms in total. The van der Waals surface area contributed by atoms with Crippen LogP contribution < -0.4 is 5.32 Å². The topological polar surface area (TPSA) is 53.2 Å². The maximum atomic E-state index is 5.40. The molecule has 1 aromatic rings. The molecule has 3 heterocycles. The molecule has 2 saturated heterocycles. The van der Waals surface area contributed by atoms with Gasteiger partial charge in [0.15, 0.2) is 5.96 Å². The minimum atomic E-state index is 0.867. The Morgan fingerprint density at radius 2 is 2.00 bits per heavy atom. The first-order valence-electron chi connectivity index (χ1n) is 9.27. The van der Waals surface area contributed by atoms with Crippen LogP contribution in [-0.2, 0) is 11.2 Å². The molecule has 2 aliphatic rings. The van der Waals surface area contributed by atoms with Gasteiger partial charge in [0.2, 0.25) is 0 Å². The molecule has 2 aliphatic heterocycles. The van der Waals surface area contributed by atoms with Crippen molar-refractivity contribution in [2.24, 2.45) is 4.99 Å². The van der Waals surface area contributed by atoms with Gasteiger partial charge in [0.1, 0.15) is 5.76 Å². The van der Waals surface area contributed by atoms with Gasteiger partial charge in [0.05, 0.1) is 19.5 Å². The van der Waals surface area contributed by atoms with Crippen LogP contribution in [0.1, 0.15) is 25.0 Å². The van der Waals surface area contributed by atoms with Crippen LogP contribution in [0.4, 0.5) is 0 Å². The second-order valence-electron chi connectivity index (χ2n) is 6.46. The Labute approximate surface area is 144 Å². The molecule has 0 amide bonds. The fourth-order valence-electron chi connectivity index (χ4n) is 3.25. The summed E-state index contributed by atoms with van der Waals surface area (Å²) in [7, 11) is 0. The molecule has 134 valence electrons. The molecule has 0 saturated carbocycles. The van der Waals surface area contributed by atoms with Gasteiger partial charge in [0, 0.05) is 52.2 Å². The predicted octanol–water partition coefficient (Wildman–Crippen LogP) is 1.59. The van der Waals surface area contributed by atoms with Gasteiger partial charge in [-0.2, -0.15) is 0 Å². The van der Waals surface area contributed by atoms with Crippen LogP contribution in [0.25, 0.3) is 0 Å². The molecule has 0 bridgehead atoms. The number of ether oxygens (including phenoxy) is 1. The number of likely N-dealkylation sites (tertiary alicyclic amines) is 1. The van der Waals surface area contributed by atoms with Crippen LogP contribution >= 0.6 is 0 Å². The van der Waals surface area contributed by atoms with Crippen molar-refractivity contribution in [3.63, 3.8) is 0 Å². The highest BCUT2D eigenvalue weighted by Crippen LogP contribution is 2.08. The summed E-state index contributed by atoms with van der Waals surface area (Å²) in [4.78, 5) is 9.71. The molecule has 1 aromatic heterocycles. The van der Waals surface area contributed by atoms with E-state index in [0.29, 0.717) is 0 Å². The minimum Gasteiger partial charge on any atom is -0.469 e. The molecule has 2 fully saturated rings. The number of nitrogens with zero attached hydrogens (tertiary/aromatic N) is 3. The molecule has 6 heteroatoms. The quantitative estimate of drug-likeness (QED) is 0.466. The molecule has 0 atom stereocenters. The van der Waals surface area contributed by atoms with Gasteiger partial charge in [-0.25, -0.2) is 0 Å². The van der Waals surface area contributed by atoms with Crippen molar-refractivity contribution >= 4 is 5.96 Å². The van der Waals surface area contributed by atoms with E-state index in [-0.39, 0.29) is 0 Å². The summed E-state index contributed by atoms with van der Waals surface area (Å²) in [5, 5.41) is 3.52. The fourth-order valence-corrected chi connectivity index (χ4v) is 3.25. The SMILES string of the molecule is c1coc(CCNC(=NCCCN2CCOCC2)N2CCCC2)c1. The molecule has 3 rings (SSSR count). The van der Waals surface area contributed by atoms with E-state index in [1.807, 2.05) is 12.1 Å². The Morgan fingerprint density at radius 1 is 1.17 bits per heavy atom. The number of furan rings is 1. The third-order valence-corrected chi connectivity index (χ3v) is 4.64. The molecule has 24 heavy (non-hydrogen) atoms. The third-order valence-electron chi connectivity index (χ3n) is 4.64. The normalized spacial score (nSPS) is 19.8. The second kappa shape index (κ2) is 9.69. The lowest BCUT2D eigenvalue weighted by atomic mass is 10.3. The van der Waals surface area contributed by atoms with E-state index in [0.717, 1.165) is 83.6 Å². The van der Waals surface area contributed by atoms with E-state index in [2.05, 4.69) is 15.1 Å². The molecular formula is C18H30N4O2. The van der Waals surface area contributed by atoms with Crippen molar-refractivity contribution in [2.75, 3.05) is 59.0 Å². The average Bonchev–Trinajstić information content (AvgIpc) is 3.31. The van der Waals surface area contributed by atoms with Crippen molar-refractivity contribution in [2.45, 2.75) is 25.7 Å². The van der Waals surface area contributed by atoms with Gasteiger partial charge in [-0.15, -0.1) is 0 Å². The minimum absolute atomic E-state index is 0.867. The summed E-state index contributed by atoms with van der Waals surface area (Å²) in [6.07, 6.45) is 6.28. The maximum Gasteiger partial charge on any atom is 0.193 e. The highest BCUT2D eigenvalue weighted by atomic mass is 16.5. The lowest BCUT2D eigenvalue weighted by molar-refractivity contribution is 0.0377. The number of nitrogens with one attached hydrogen (secondary N) is 1. The van der Waals surface area contributed by atoms with E-state index in [1.165, 1.54) is 12.8 Å². The summed E-state index contributed by atoms with van der Waals surface area (Å²) in [5.41, 5.74) is 0. The molecule has 0 aromatic carbocycles. The Hall–Kier alpha value is -1.53. The first kappa shape index (κ1) is 17.3. The largest absolute Gasteiger partial charge is 0.469 e. The van der Waals surface area contributed by atoms with Crippen LogP contribution in [0.15, 0.2) is 27.8 Å². The number of guanidine groups is 1. The summed E-state index contributed by atoms with van der Waals surface area (Å²) < 4.78 is 10.8. The summed E-state index contributed by atoms with van der Waals surface area (Å²) in [5.74, 6) is 2.09. The number of hydrogen-bond donors (Lipinski definition) is 1. The van der Waals surface area contributed by atoms with Gasteiger partial charge in [-0.05, 0) is 31.4 Å². The van der Waals surface area contributed by atoms with E-state index >= 15 is 0 Å². The van der Waals surface area contributed by atoms with Crippen LogP contribution in [0.5, 0.6) is 0 Å². The lowest BCUT2D eigenvalue weighted by Crippen LogP contribution is -2.41. The van der Waals surface area contributed by atoms with Gasteiger partial charge < -0.3 is 19.4 Å². The Bertz CT molecular complexity index is 477. The van der Waals surface area contributed by atoms with Crippen molar-refractivity contribution in [3.8, 4) is 0 Å². The van der Waals surface area contributed by atoms with Crippen molar-refractivity contribution in [1.82, 2.24) is 15.1 Å². The van der Waals surface area contributed by atoms with E-state index in [9.17, 15) is 0 Å². The lowest BCUT2D eigenvalue weighted by Gasteiger charge is -2.26. The number of hydrogen-bond acceptors (Lipinski definition) is 4. The predicted molar refractivity (Wildman–Crippen MR) is 95.4 cm³/mol. The van der Waals surface area contributed by atoms with E-state index < -0.39 is 0 Å². The zero-order valence-corrected chi connectivity index (χ0v) is 14.6. The fraction of sp³-hybridized carbons (Fsp3) is 0.722. The highest BCUT2D eigenvalue weighted by Gasteiger charge is 2.16. The third kappa shape index (κ3) is 5.53. The summed E-state index contributed by atoms with van der Waals surface area (Å²) in [6.45, 7) is 8.98. The summed E-state index contributed by atoms with van der Waals surface area (Å²) in [6, 6.07) is 3.97. The van der Waals surface area contributed by atoms with Crippen LogP contribution in [0.3, 0.4) is 0 Å². The smallest absolute Gasteiger partial charge is 0.193 e. The first-order valence-corrected chi connectivity index (χ1v) is 9.27. The van der Waals surface area contributed by atoms with E-state index in [1.54, 1.807) is 6.26 Å². The molecule has 1 N–H and O–H groups in total. The molecule has 0 unspecified atom stereocenters. The molecule has 0 aliphatic carbocycles. The van der Waals surface area contributed by atoms with Crippen molar-refractivity contribution in [1.29, 1.82) is 0 Å². The van der Waals surface area contributed by atoms with Gasteiger partial charge in [0.25, 0.3) is 0 Å². The maximum absolute atomic E-state index is 5.40. The number of rotatable bonds is 7. The molecule has 0 spiro atoms. The Balaban J connectivity index is 1.41. The van der Waals surface area contributed by atoms with Crippen LogP contribution in [0.2, 0.25) is 0 Å². The zero-order chi connectivity index (χ0) is 16.5. The standard InChI is InChI=1S/C18H30N4O2/c1-2-11-22(10-1)18(20-8-6-17-5-3-14-24-17)19-7-4-9-21-12-15-23-16-13-21/h3,5,14H,1-2,4,6-13,15-16H2,(H,19,20). The zero-order valence-electron chi connectivity index (χ0n) is 14.6. The summed E-state index contributed by atoms with van der Waals surface area (Å²) >= 11 is 0. The van der Waals surface area contributed by atoms with Gasteiger partial charge >= 0.3 is 0 Å². The van der Waals surface area contributed by atoms with Crippen LogP contribution in [-0.4, -0.2) is 74.8 Å². The van der Waals surface area contributed by atoms with Crippen molar-refractivity contribution in [3.05, 3.63) is 24.2 Å². The Morgan fingerprint density at radius 3 is 2.75 bits per heavy atom. The molecule has 0 radical (unpaired) electrons. The van der Waals surface area contributed by atoms with Gasteiger partial charge in [-0.1, -0.05) is 0 Å². The monoisotopic (exact) mass is 334 g/mol. The molecular weight excluding hydrogens is 304 g/mol. The second-order valence-corrected chi connectivity index (χ2v) is 6.46. The first-order chi connectivity index (χ1) is 11.9.